The van der Waals surface area contributed by atoms with E-state index < -0.39 is 17.7 Å². The van der Waals surface area contributed by atoms with E-state index in [-0.39, 0.29) is 16.9 Å². The van der Waals surface area contributed by atoms with Gasteiger partial charge in [0.15, 0.2) is 0 Å². The average molecular weight is 468 g/mol. The Bertz CT molecular complexity index is 1250. The van der Waals surface area contributed by atoms with Crippen LogP contribution in [0.15, 0.2) is 54.2 Å². The lowest BCUT2D eigenvalue weighted by Crippen LogP contribution is -2.32. The molecule has 8 heteroatoms. The number of para-hydroxylation sites is 1. The molecule has 1 saturated heterocycles. The van der Waals surface area contributed by atoms with Crippen LogP contribution < -0.4 is 4.74 Å². The Morgan fingerprint density at radius 3 is 2.70 bits per heavy atom. The minimum atomic E-state index is -0.744. The molecule has 1 aromatic heterocycles. The summed E-state index contributed by atoms with van der Waals surface area (Å²) in [5, 5.41) is 12.6. The van der Waals surface area contributed by atoms with E-state index in [4.69, 9.17) is 16.3 Å². The zero-order valence-corrected chi connectivity index (χ0v) is 19.5. The molecule has 1 aliphatic heterocycles. The average Bonchev–Trinajstić information content (AvgIpc) is 3.32. The number of methoxy groups -OCH3 is 1. The maximum Gasteiger partial charge on any atom is 0.295 e. The van der Waals surface area contributed by atoms with Crippen molar-refractivity contribution in [1.82, 2.24) is 14.8 Å². The molecule has 0 spiro atoms. The number of ketones is 1. The van der Waals surface area contributed by atoms with Crippen LogP contribution in [0.2, 0.25) is 5.02 Å². The number of carbonyl (C=O) groups is 2. The molecule has 1 unspecified atom stereocenters. The fraction of sp³-hybridized carbons (Fsp3) is 0.280. The molecular formula is C25H26ClN3O4. The summed E-state index contributed by atoms with van der Waals surface area (Å²) in [6, 6.07) is 11.7. The topological polar surface area (TPSA) is 85.9 Å². The lowest BCUT2D eigenvalue weighted by atomic mass is 9.94. The number of H-pyrrole nitrogens is 1. The van der Waals surface area contributed by atoms with Crippen LogP contribution in [0.1, 0.15) is 23.6 Å². The van der Waals surface area contributed by atoms with Gasteiger partial charge in [-0.2, -0.15) is 0 Å². The van der Waals surface area contributed by atoms with Crippen LogP contribution >= 0.6 is 11.6 Å². The van der Waals surface area contributed by atoms with Gasteiger partial charge in [-0.3, -0.25) is 9.59 Å². The number of aromatic amines is 1. The quantitative estimate of drug-likeness (QED) is 0.309. The number of benzene rings is 2. The van der Waals surface area contributed by atoms with Crippen LogP contribution in [-0.2, 0) is 9.59 Å². The zero-order chi connectivity index (χ0) is 23.7. The van der Waals surface area contributed by atoms with Crippen molar-refractivity contribution in [2.24, 2.45) is 0 Å². The number of aromatic nitrogens is 1. The third-order valence-corrected chi connectivity index (χ3v) is 6.11. The fourth-order valence-electron chi connectivity index (χ4n) is 4.32. The van der Waals surface area contributed by atoms with Crippen LogP contribution in [0.5, 0.6) is 5.75 Å². The molecule has 1 atom stereocenters. The highest BCUT2D eigenvalue weighted by molar-refractivity contribution is 6.46. The number of nitrogens with one attached hydrogen (secondary N) is 1. The third kappa shape index (κ3) is 4.21. The minimum absolute atomic E-state index is 0.0233. The van der Waals surface area contributed by atoms with Gasteiger partial charge in [-0.1, -0.05) is 29.8 Å². The molecule has 0 saturated carbocycles. The standard InChI is InChI=1S/C25H26ClN3O4/c1-28(2)11-6-12-29-22(18-14-27-19-8-5-4-7-16(18)19)21(24(31)25(29)32)23(30)17-13-15(26)9-10-20(17)33-3/h4-5,7-10,13-14,22,27,30H,6,11-12H2,1-3H3/b23-21+. The van der Waals surface area contributed by atoms with Crippen LogP contribution in [0.4, 0.5) is 0 Å². The first kappa shape index (κ1) is 22.9. The summed E-state index contributed by atoms with van der Waals surface area (Å²) in [5.74, 6) is -1.31. The minimum Gasteiger partial charge on any atom is -0.507 e. The Labute approximate surface area is 197 Å². The first-order chi connectivity index (χ1) is 15.8. The van der Waals surface area contributed by atoms with Crippen molar-refractivity contribution in [3.8, 4) is 5.75 Å². The predicted octanol–water partition coefficient (Wildman–Crippen LogP) is 4.20. The van der Waals surface area contributed by atoms with E-state index >= 15 is 0 Å². The molecule has 4 rings (SSSR count). The predicted molar refractivity (Wildman–Crippen MR) is 128 cm³/mol. The molecule has 0 aliphatic carbocycles. The normalized spacial score (nSPS) is 18.0. The summed E-state index contributed by atoms with van der Waals surface area (Å²) in [7, 11) is 5.38. The summed E-state index contributed by atoms with van der Waals surface area (Å²) in [4.78, 5) is 33.2. The second-order valence-corrected chi connectivity index (χ2v) is 8.72. The van der Waals surface area contributed by atoms with Gasteiger partial charge in [0.2, 0.25) is 0 Å². The van der Waals surface area contributed by atoms with Gasteiger partial charge in [-0.05, 0) is 51.3 Å². The number of hydrogen-bond acceptors (Lipinski definition) is 5. The summed E-state index contributed by atoms with van der Waals surface area (Å²) in [6.45, 7) is 1.13. The van der Waals surface area contributed by atoms with Crippen LogP contribution in [-0.4, -0.2) is 65.9 Å². The van der Waals surface area contributed by atoms with E-state index in [0.29, 0.717) is 23.7 Å². The second-order valence-electron chi connectivity index (χ2n) is 8.28. The molecule has 172 valence electrons. The van der Waals surface area contributed by atoms with E-state index in [1.165, 1.54) is 13.2 Å². The molecule has 1 fully saturated rings. The molecule has 0 radical (unpaired) electrons. The van der Waals surface area contributed by atoms with Crippen molar-refractivity contribution in [2.45, 2.75) is 12.5 Å². The zero-order valence-electron chi connectivity index (χ0n) is 18.8. The van der Waals surface area contributed by atoms with E-state index in [1.807, 2.05) is 43.3 Å². The van der Waals surface area contributed by atoms with Crippen molar-refractivity contribution >= 4 is 40.0 Å². The number of rotatable bonds is 7. The van der Waals surface area contributed by atoms with Crippen molar-refractivity contribution < 1.29 is 19.4 Å². The SMILES string of the molecule is COc1ccc(Cl)cc1/C(O)=C1\C(=O)C(=O)N(CCCN(C)C)C1c1c[nH]c2ccccc12. The highest BCUT2D eigenvalue weighted by atomic mass is 35.5. The van der Waals surface area contributed by atoms with Gasteiger partial charge in [0.25, 0.3) is 11.7 Å². The molecule has 3 aromatic rings. The van der Waals surface area contributed by atoms with Crippen molar-refractivity contribution in [3.63, 3.8) is 0 Å². The van der Waals surface area contributed by atoms with Crippen molar-refractivity contribution in [3.05, 3.63) is 70.4 Å². The Kier molecular flexibility index (Phi) is 6.44. The van der Waals surface area contributed by atoms with E-state index in [1.54, 1.807) is 23.2 Å². The van der Waals surface area contributed by atoms with E-state index in [9.17, 15) is 14.7 Å². The maximum atomic E-state index is 13.3. The molecule has 2 aromatic carbocycles. The molecular weight excluding hydrogens is 442 g/mol. The lowest BCUT2D eigenvalue weighted by molar-refractivity contribution is -0.139. The number of likely N-dealkylation sites (tertiary alicyclic amines) is 1. The summed E-state index contributed by atoms with van der Waals surface area (Å²) in [5.41, 5.74) is 1.92. The van der Waals surface area contributed by atoms with E-state index in [0.717, 1.165) is 23.0 Å². The molecule has 1 aliphatic rings. The number of aliphatic hydroxyl groups is 1. The molecule has 2 heterocycles. The molecule has 0 bridgehead atoms. The van der Waals surface area contributed by atoms with Gasteiger partial charge in [-0.15, -0.1) is 0 Å². The number of ether oxygens (including phenoxy) is 1. The summed E-state index contributed by atoms with van der Waals surface area (Å²) in [6.07, 6.45) is 2.47. The van der Waals surface area contributed by atoms with Gasteiger partial charge in [0, 0.05) is 34.2 Å². The summed E-state index contributed by atoms with van der Waals surface area (Å²) < 4.78 is 5.38. The van der Waals surface area contributed by atoms with Crippen molar-refractivity contribution in [1.29, 1.82) is 0 Å². The number of amides is 1. The van der Waals surface area contributed by atoms with Gasteiger partial charge >= 0.3 is 0 Å². The Balaban J connectivity index is 1.91. The number of hydrogen-bond donors (Lipinski definition) is 2. The first-order valence-electron chi connectivity index (χ1n) is 10.7. The van der Waals surface area contributed by atoms with Crippen LogP contribution in [0, 0.1) is 0 Å². The molecule has 2 N–H and O–H groups in total. The number of Topliss-reactive ketones (excluding diaryl/α,β-unsaturated/α-hetero) is 1. The summed E-state index contributed by atoms with van der Waals surface area (Å²) >= 11 is 6.17. The van der Waals surface area contributed by atoms with Crippen LogP contribution in [0.3, 0.4) is 0 Å². The highest BCUT2D eigenvalue weighted by Crippen LogP contribution is 2.43. The smallest absolute Gasteiger partial charge is 0.295 e. The number of carbonyl (C=O) groups excluding carboxylic acids is 2. The van der Waals surface area contributed by atoms with Crippen LogP contribution in [0.25, 0.3) is 16.7 Å². The third-order valence-electron chi connectivity index (χ3n) is 5.88. The number of fused-ring (bicyclic) bond motifs is 1. The molecule has 33 heavy (non-hydrogen) atoms. The van der Waals surface area contributed by atoms with Gasteiger partial charge in [0.1, 0.15) is 11.5 Å². The number of nitrogens with zero attached hydrogens (tertiary/aromatic N) is 2. The fourth-order valence-corrected chi connectivity index (χ4v) is 4.49. The highest BCUT2D eigenvalue weighted by Gasteiger charge is 2.46. The van der Waals surface area contributed by atoms with Gasteiger partial charge in [0.05, 0.1) is 24.3 Å². The Hall–Kier alpha value is -3.29. The monoisotopic (exact) mass is 467 g/mol. The molecule has 7 nitrogen and oxygen atoms in total. The first-order valence-corrected chi connectivity index (χ1v) is 11.0. The maximum absolute atomic E-state index is 13.3. The van der Waals surface area contributed by atoms with Gasteiger partial charge < -0.3 is 24.6 Å². The van der Waals surface area contributed by atoms with Crippen molar-refractivity contribution in [2.75, 3.05) is 34.3 Å². The van der Waals surface area contributed by atoms with E-state index in [2.05, 4.69) is 4.98 Å². The molecule has 1 amide bonds. The largest absolute Gasteiger partial charge is 0.507 e. The lowest BCUT2D eigenvalue weighted by Gasteiger charge is -2.25. The number of aliphatic hydroxyl groups excluding tert-OH is 1. The number of halogens is 1. The Morgan fingerprint density at radius 2 is 1.97 bits per heavy atom. The Morgan fingerprint density at radius 1 is 1.21 bits per heavy atom. The van der Waals surface area contributed by atoms with Gasteiger partial charge in [-0.25, -0.2) is 0 Å². The second kappa shape index (κ2) is 9.29.